The van der Waals surface area contributed by atoms with Gasteiger partial charge in [-0.1, -0.05) is 58.4 Å². The molecule has 2 bridgehead atoms. The van der Waals surface area contributed by atoms with Crippen LogP contribution in [0.1, 0.15) is 12.1 Å². The number of alkyl halides is 1. The molecule has 110 valence electrons. The van der Waals surface area contributed by atoms with Gasteiger partial charge in [0.2, 0.25) is 0 Å². The van der Waals surface area contributed by atoms with Gasteiger partial charge in [0.1, 0.15) is 0 Å². The standard InChI is InChI=1S/C16H12BrN3O2/c17-16-9-8-11(16)12-6-7-13(16)20-15(22)18(14(21)19(12)20)10-4-2-1-3-5-10/h1-9,11-13H. The van der Waals surface area contributed by atoms with Crippen molar-refractivity contribution in [1.82, 2.24) is 13.9 Å². The van der Waals surface area contributed by atoms with Crippen molar-refractivity contribution in [3.8, 4) is 5.69 Å². The van der Waals surface area contributed by atoms with E-state index in [4.69, 9.17) is 0 Å². The highest BCUT2D eigenvalue weighted by atomic mass is 79.9. The lowest BCUT2D eigenvalue weighted by Gasteiger charge is -2.53. The SMILES string of the molecule is O=c1n(-c2ccccc2)c(=O)n2n1C1C=CC2C2(Br)C=CC12. The summed E-state index contributed by atoms with van der Waals surface area (Å²) in [6.07, 6.45) is 8.25. The van der Waals surface area contributed by atoms with E-state index in [0.29, 0.717) is 5.69 Å². The fraction of sp³-hybridized carbons (Fsp3) is 0.250. The van der Waals surface area contributed by atoms with Crippen LogP contribution in [0.4, 0.5) is 0 Å². The van der Waals surface area contributed by atoms with E-state index in [1.165, 1.54) is 4.57 Å². The lowest BCUT2D eigenvalue weighted by atomic mass is 9.68. The molecule has 0 fully saturated rings. The van der Waals surface area contributed by atoms with Gasteiger partial charge in [-0.05, 0) is 12.1 Å². The quantitative estimate of drug-likeness (QED) is 0.577. The molecule has 0 amide bonds. The fourth-order valence-corrected chi connectivity index (χ4v) is 4.77. The highest BCUT2D eigenvalue weighted by Gasteiger charge is 2.57. The third kappa shape index (κ3) is 1.22. The van der Waals surface area contributed by atoms with Crippen LogP contribution in [0.15, 0.2) is 64.2 Å². The summed E-state index contributed by atoms with van der Waals surface area (Å²) in [7, 11) is 0. The van der Waals surface area contributed by atoms with Gasteiger partial charge in [-0.25, -0.2) is 23.5 Å². The zero-order valence-corrected chi connectivity index (χ0v) is 13.1. The van der Waals surface area contributed by atoms with Gasteiger partial charge in [-0.3, -0.25) is 0 Å². The predicted octanol–water partition coefficient (Wildman–Crippen LogP) is 1.79. The van der Waals surface area contributed by atoms with Crippen LogP contribution in [-0.2, 0) is 0 Å². The topological polar surface area (TPSA) is 48.9 Å². The van der Waals surface area contributed by atoms with Gasteiger partial charge in [0.15, 0.2) is 0 Å². The maximum absolute atomic E-state index is 12.9. The molecule has 6 heteroatoms. The Labute approximate surface area is 133 Å². The summed E-state index contributed by atoms with van der Waals surface area (Å²) < 4.78 is 4.21. The first kappa shape index (κ1) is 12.5. The zero-order chi connectivity index (χ0) is 15.1. The molecule has 2 aliphatic carbocycles. The summed E-state index contributed by atoms with van der Waals surface area (Å²) in [6.45, 7) is 0. The molecule has 4 unspecified atom stereocenters. The van der Waals surface area contributed by atoms with Gasteiger partial charge in [0.05, 0.1) is 22.1 Å². The molecular formula is C16H12BrN3O2. The van der Waals surface area contributed by atoms with Crippen LogP contribution >= 0.6 is 15.9 Å². The summed E-state index contributed by atoms with van der Waals surface area (Å²) in [5.41, 5.74) is 0.0498. The number of benzene rings is 1. The first-order valence-corrected chi connectivity index (χ1v) is 8.00. The van der Waals surface area contributed by atoms with Gasteiger partial charge in [-0.15, -0.1) is 0 Å². The van der Waals surface area contributed by atoms with Crippen LogP contribution in [0.3, 0.4) is 0 Å². The molecule has 4 atom stereocenters. The Bertz CT molecular complexity index is 966. The second-order valence-corrected chi connectivity index (χ2v) is 7.33. The van der Waals surface area contributed by atoms with Crippen molar-refractivity contribution in [2.45, 2.75) is 16.4 Å². The Kier molecular flexibility index (Phi) is 2.16. The fourth-order valence-electron chi connectivity index (χ4n) is 3.84. The molecule has 0 N–H and O–H groups in total. The molecule has 1 aromatic carbocycles. The summed E-state index contributed by atoms with van der Waals surface area (Å²) >= 11 is 3.77. The average molecular weight is 358 g/mol. The molecule has 22 heavy (non-hydrogen) atoms. The summed E-state index contributed by atoms with van der Waals surface area (Å²) in [5.74, 6) is 0.214. The molecule has 0 saturated heterocycles. The molecule has 0 saturated carbocycles. The van der Waals surface area contributed by atoms with Crippen molar-refractivity contribution in [3.63, 3.8) is 0 Å². The van der Waals surface area contributed by atoms with Crippen molar-refractivity contribution < 1.29 is 0 Å². The highest BCUT2D eigenvalue weighted by Crippen LogP contribution is 2.57. The molecule has 0 spiro atoms. The van der Waals surface area contributed by atoms with Gasteiger partial charge in [0.25, 0.3) is 0 Å². The lowest BCUT2D eigenvalue weighted by molar-refractivity contribution is 0.166. The van der Waals surface area contributed by atoms with Gasteiger partial charge >= 0.3 is 11.4 Å². The second kappa shape index (κ2) is 3.81. The number of hydrogen-bond acceptors (Lipinski definition) is 2. The van der Waals surface area contributed by atoms with Crippen LogP contribution in [0.5, 0.6) is 0 Å². The maximum atomic E-state index is 12.9. The van der Waals surface area contributed by atoms with Gasteiger partial charge in [0, 0.05) is 5.92 Å². The Morgan fingerprint density at radius 1 is 0.955 bits per heavy atom. The first-order valence-electron chi connectivity index (χ1n) is 7.21. The maximum Gasteiger partial charge on any atom is 0.352 e. The van der Waals surface area contributed by atoms with E-state index >= 15 is 0 Å². The summed E-state index contributed by atoms with van der Waals surface area (Å²) in [6, 6.07) is 8.80. The third-order valence-corrected chi connectivity index (χ3v) is 6.21. The summed E-state index contributed by atoms with van der Waals surface area (Å²) in [4.78, 5) is 25.7. The first-order chi connectivity index (χ1) is 10.6. The van der Waals surface area contributed by atoms with Gasteiger partial charge in [-0.2, -0.15) is 0 Å². The van der Waals surface area contributed by atoms with Gasteiger partial charge < -0.3 is 0 Å². The van der Waals surface area contributed by atoms with E-state index in [0.717, 1.165) is 0 Å². The number of halogens is 1. The number of hydrogen-bond donors (Lipinski definition) is 0. The zero-order valence-electron chi connectivity index (χ0n) is 11.5. The lowest BCUT2D eigenvalue weighted by Crippen LogP contribution is -2.58. The number of aromatic nitrogens is 3. The Hall–Kier alpha value is -2.08. The molecule has 4 aliphatic rings. The average Bonchev–Trinajstić information content (AvgIpc) is 2.78. The molecule has 6 rings (SSSR count). The molecule has 5 nitrogen and oxygen atoms in total. The highest BCUT2D eigenvalue weighted by molar-refractivity contribution is 9.10. The number of rotatable bonds is 1. The second-order valence-electron chi connectivity index (χ2n) is 5.96. The van der Waals surface area contributed by atoms with Crippen LogP contribution < -0.4 is 11.4 Å². The number of para-hydroxylation sites is 1. The van der Waals surface area contributed by atoms with E-state index in [1.807, 2.05) is 30.4 Å². The van der Waals surface area contributed by atoms with E-state index in [9.17, 15) is 9.59 Å². The van der Waals surface area contributed by atoms with E-state index in [-0.39, 0.29) is 33.7 Å². The van der Waals surface area contributed by atoms with Crippen LogP contribution in [0.25, 0.3) is 5.69 Å². The smallest absolute Gasteiger partial charge is 0.245 e. The molecule has 2 aliphatic heterocycles. The Balaban J connectivity index is 1.84. The molecule has 1 aromatic heterocycles. The van der Waals surface area contributed by atoms with E-state index < -0.39 is 0 Å². The Morgan fingerprint density at radius 3 is 2.36 bits per heavy atom. The Morgan fingerprint density at radius 2 is 1.68 bits per heavy atom. The number of allylic oxidation sites excluding steroid dienone is 4. The van der Waals surface area contributed by atoms with Crippen molar-refractivity contribution >= 4 is 15.9 Å². The van der Waals surface area contributed by atoms with E-state index in [2.05, 4.69) is 28.1 Å². The van der Waals surface area contributed by atoms with Crippen molar-refractivity contribution in [2.24, 2.45) is 5.92 Å². The predicted molar refractivity (Wildman–Crippen MR) is 85.8 cm³/mol. The van der Waals surface area contributed by atoms with Crippen molar-refractivity contribution in [3.05, 3.63) is 75.6 Å². The van der Waals surface area contributed by atoms with Crippen molar-refractivity contribution in [2.75, 3.05) is 0 Å². The van der Waals surface area contributed by atoms with Crippen LogP contribution in [-0.4, -0.2) is 18.3 Å². The van der Waals surface area contributed by atoms with Crippen LogP contribution in [0, 0.1) is 5.92 Å². The van der Waals surface area contributed by atoms with Crippen molar-refractivity contribution in [1.29, 1.82) is 0 Å². The largest absolute Gasteiger partial charge is 0.352 e. The van der Waals surface area contributed by atoms with E-state index in [1.54, 1.807) is 21.5 Å². The molecular weight excluding hydrogens is 346 g/mol. The third-order valence-electron chi connectivity index (χ3n) is 4.95. The monoisotopic (exact) mass is 357 g/mol. The minimum absolute atomic E-state index is 0.112. The number of nitrogens with zero attached hydrogens (tertiary/aromatic N) is 3. The van der Waals surface area contributed by atoms with Crippen LogP contribution in [0.2, 0.25) is 0 Å². The minimum atomic E-state index is -0.284. The molecule has 3 heterocycles. The molecule has 0 radical (unpaired) electrons. The normalized spacial score (nSPS) is 33.4. The molecule has 2 aromatic rings. The summed E-state index contributed by atoms with van der Waals surface area (Å²) in [5, 5.41) is 0. The minimum Gasteiger partial charge on any atom is -0.245 e.